The molecule has 0 radical (unpaired) electrons. The van der Waals surface area contributed by atoms with Crippen LogP contribution < -0.4 is 4.90 Å². The summed E-state index contributed by atoms with van der Waals surface area (Å²) in [5.74, 6) is 1.35. The lowest BCUT2D eigenvalue weighted by molar-refractivity contribution is 0.673. The normalized spacial score (nSPS) is 17.1. The highest BCUT2D eigenvalue weighted by Gasteiger charge is 2.17. The molecule has 1 heterocycles. The van der Waals surface area contributed by atoms with Crippen LogP contribution in [0.5, 0.6) is 0 Å². The second kappa shape index (κ2) is 4.86. The van der Waals surface area contributed by atoms with Crippen LogP contribution in [0.3, 0.4) is 0 Å². The van der Waals surface area contributed by atoms with Gasteiger partial charge in [0.2, 0.25) is 0 Å². The number of hydrogen-bond donors (Lipinski definition) is 0. The number of hydrogen-bond acceptors (Lipinski definition) is 3. The first kappa shape index (κ1) is 11.4. The average molecular weight is 255 g/mol. The summed E-state index contributed by atoms with van der Waals surface area (Å²) >= 11 is 5.84. The molecule has 1 aliphatic rings. The van der Waals surface area contributed by atoms with Gasteiger partial charge in [-0.25, -0.2) is 0 Å². The minimum atomic E-state index is -0.698. The van der Waals surface area contributed by atoms with E-state index in [9.17, 15) is 4.21 Å². The summed E-state index contributed by atoms with van der Waals surface area (Å²) in [6.07, 6.45) is 0. The highest BCUT2D eigenvalue weighted by Crippen LogP contribution is 2.24. The van der Waals surface area contributed by atoms with Gasteiger partial charge in [-0.3, -0.25) is 4.21 Å². The molecule has 84 valence electrons. The quantitative estimate of drug-likeness (QED) is 0.767. The van der Waals surface area contributed by atoms with Crippen LogP contribution in [0.25, 0.3) is 0 Å². The highest BCUT2D eigenvalue weighted by molar-refractivity contribution is 7.85. The zero-order valence-corrected chi connectivity index (χ0v) is 10.2. The Hall–Kier alpha value is -1.05. The number of halogens is 1. The van der Waals surface area contributed by atoms with Gasteiger partial charge in [0.15, 0.2) is 0 Å². The van der Waals surface area contributed by atoms with E-state index in [2.05, 4.69) is 11.0 Å². The van der Waals surface area contributed by atoms with Crippen LogP contribution in [-0.4, -0.2) is 28.8 Å². The van der Waals surface area contributed by atoms with Gasteiger partial charge in [-0.1, -0.05) is 11.6 Å². The largest absolute Gasteiger partial charge is 0.369 e. The smallest absolute Gasteiger partial charge is 0.101 e. The monoisotopic (exact) mass is 254 g/mol. The standard InChI is InChI=1S/C11H11ClN2OS/c12-10-1-2-11(9(7-10)8-13)14-3-5-16(15)6-4-14/h1-2,7H,3-6H2. The Labute approximate surface area is 102 Å². The van der Waals surface area contributed by atoms with Gasteiger partial charge in [0.25, 0.3) is 0 Å². The first-order valence-corrected chi connectivity index (χ1v) is 6.87. The maximum Gasteiger partial charge on any atom is 0.101 e. The lowest BCUT2D eigenvalue weighted by Gasteiger charge is -2.29. The van der Waals surface area contributed by atoms with E-state index in [0.29, 0.717) is 22.1 Å². The van der Waals surface area contributed by atoms with Crippen molar-refractivity contribution in [2.75, 3.05) is 29.5 Å². The second-order valence-corrected chi connectivity index (χ2v) is 5.74. The summed E-state index contributed by atoms with van der Waals surface area (Å²) in [5, 5.41) is 9.60. The average Bonchev–Trinajstić information content (AvgIpc) is 2.30. The maximum atomic E-state index is 11.2. The van der Waals surface area contributed by atoms with E-state index in [0.717, 1.165) is 18.8 Å². The lowest BCUT2D eigenvalue weighted by Crippen LogP contribution is -2.38. The zero-order chi connectivity index (χ0) is 11.5. The summed E-state index contributed by atoms with van der Waals surface area (Å²) in [7, 11) is -0.698. The molecule has 0 N–H and O–H groups in total. The molecule has 3 nitrogen and oxygen atoms in total. The third kappa shape index (κ3) is 2.37. The van der Waals surface area contributed by atoms with Crippen LogP contribution in [0, 0.1) is 11.3 Å². The number of benzene rings is 1. The molecular formula is C11H11ClN2OS. The van der Waals surface area contributed by atoms with Crippen molar-refractivity contribution in [3.8, 4) is 6.07 Å². The Kier molecular flexibility index (Phi) is 3.47. The number of rotatable bonds is 1. The molecule has 16 heavy (non-hydrogen) atoms. The maximum absolute atomic E-state index is 11.2. The van der Waals surface area contributed by atoms with Crippen molar-refractivity contribution < 1.29 is 4.21 Å². The molecule has 2 rings (SSSR count). The van der Waals surface area contributed by atoms with Crippen molar-refractivity contribution in [1.82, 2.24) is 0 Å². The van der Waals surface area contributed by atoms with E-state index in [-0.39, 0.29) is 0 Å². The highest BCUT2D eigenvalue weighted by atomic mass is 35.5. The zero-order valence-electron chi connectivity index (χ0n) is 8.65. The molecular weight excluding hydrogens is 244 g/mol. The molecule has 5 heteroatoms. The van der Waals surface area contributed by atoms with Crippen LogP contribution >= 0.6 is 11.6 Å². The van der Waals surface area contributed by atoms with Crippen LogP contribution in [0.2, 0.25) is 5.02 Å². The van der Waals surface area contributed by atoms with E-state index in [1.54, 1.807) is 12.1 Å². The van der Waals surface area contributed by atoms with E-state index in [1.165, 1.54) is 0 Å². The summed E-state index contributed by atoms with van der Waals surface area (Å²) in [5.41, 5.74) is 1.48. The van der Waals surface area contributed by atoms with Crippen molar-refractivity contribution in [2.24, 2.45) is 0 Å². The summed E-state index contributed by atoms with van der Waals surface area (Å²) < 4.78 is 11.2. The van der Waals surface area contributed by atoms with E-state index in [1.807, 2.05) is 6.07 Å². The molecule has 0 amide bonds. The first-order valence-electron chi connectivity index (χ1n) is 5.00. The minimum absolute atomic E-state index is 0.570. The van der Waals surface area contributed by atoms with Gasteiger partial charge in [0.1, 0.15) is 6.07 Å². The number of nitrogens with zero attached hydrogens (tertiary/aromatic N) is 2. The predicted molar refractivity (Wildman–Crippen MR) is 66.3 cm³/mol. The van der Waals surface area contributed by atoms with Crippen molar-refractivity contribution in [2.45, 2.75) is 0 Å². The lowest BCUT2D eigenvalue weighted by atomic mass is 10.1. The molecule has 1 aliphatic heterocycles. The molecule has 0 spiro atoms. The van der Waals surface area contributed by atoms with Gasteiger partial charge in [0.05, 0.1) is 11.3 Å². The van der Waals surface area contributed by atoms with Gasteiger partial charge < -0.3 is 4.90 Å². The first-order chi connectivity index (χ1) is 7.70. The van der Waals surface area contributed by atoms with Crippen molar-refractivity contribution in [3.05, 3.63) is 28.8 Å². The third-order valence-corrected chi connectivity index (χ3v) is 4.11. The van der Waals surface area contributed by atoms with Crippen LogP contribution in [0.1, 0.15) is 5.56 Å². The van der Waals surface area contributed by atoms with Gasteiger partial charge in [-0.15, -0.1) is 0 Å². The fourth-order valence-corrected chi connectivity index (χ4v) is 2.98. The fraction of sp³-hybridized carbons (Fsp3) is 0.364. The molecule has 1 fully saturated rings. The Morgan fingerprint density at radius 2 is 2.06 bits per heavy atom. The SMILES string of the molecule is N#Cc1cc(Cl)ccc1N1CCS(=O)CC1. The van der Waals surface area contributed by atoms with Gasteiger partial charge in [-0.05, 0) is 18.2 Å². The summed E-state index contributed by atoms with van der Waals surface area (Å²) in [6.45, 7) is 1.48. The van der Waals surface area contributed by atoms with Crippen molar-refractivity contribution in [3.63, 3.8) is 0 Å². The molecule has 0 saturated carbocycles. The third-order valence-electron chi connectivity index (χ3n) is 2.60. The van der Waals surface area contributed by atoms with Crippen LogP contribution in [0.15, 0.2) is 18.2 Å². The molecule has 0 unspecified atom stereocenters. The molecule has 0 aromatic heterocycles. The van der Waals surface area contributed by atoms with Crippen LogP contribution in [0.4, 0.5) is 5.69 Å². The predicted octanol–water partition coefficient (Wildman–Crippen LogP) is 1.78. The Morgan fingerprint density at radius 3 is 2.69 bits per heavy atom. The van der Waals surface area contributed by atoms with E-state index in [4.69, 9.17) is 16.9 Å². The van der Waals surface area contributed by atoms with Crippen molar-refractivity contribution >= 4 is 28.1 Å². The topological polar surface area (TPSA) is 44.1 Å². The van der Waals surface area contributed by atoms with Gasteiger partial charge >= 0.3 is 0 Å². The fourth-order valence-electron chi connectivity index (χ4n) is 1.75. The van der Waals surface area contributed by atoms with Gasteiger partial charge in [0, 0.05) is 40.4 Å². The Bertz CT molecular complexity index is 460. The summed E-state index contributed by atoms with van der Waals surface area (Å²) in [6, 6.07) is 7.45. The Morgan fingerprint density at radius 1 is 1.38 bits per heavy atom. The summed E-state index contributed by atoms with van der Waals surface area (Å²) in [4.78, 5) is 2.09. The molecule has 1 saturated heterocycles. The molecule has 0 bridgehead atoms. The molecule has 1 aromatic carbocycles. The molecule has 1 aromatic rings. The Balaban J connectivity index is 2.27. The van der Waals surface area contributed by atoms with E-state index < -0.39 is 10.8 Å². The van der Waals surface area contributed by atoms with Crippen molar-refractivity contribution in [1.29, 1.82) is 5.26 Å². The molecule has 0 aliphatic carbocycles. The van der Waals surface area contributed by atoms with Gasteiger partial charge in [-0.2, -0.15) is 5.26 Å². The van der Waals surface area contributed by atoms with Crippen LogP contribution in [-0.2, 0) is 10.8 Å². The second-order valence-electron chi connectivity index (χ2n) is 3.61. The number of anilines is 1. The molecule has 0 atom stereocenters. The van der Waals surface area contributed by atoms with E-state index >= 15 is 0 Å². The minimum Gasteiger partial charge on any atom is -0.369 e. The number of nitriles is 1.